The van der Waals surface area contributed by atoms with Gasteiger partial charge in [0.1, 0.15) is 11.5 Å². The van der Waals surface area contributed by atoms with E-state index < -0.39 is 0 Å². The highest BCUT2D eigenvalue weighted by Gasteiger charge is 2.22. The Labute approximate surface area is 139 Å². The number of aromatic nitrogens is 2. The molecule has 0 amide bonds. The Morgan fingerprint density at radius 1 is 1.17 bits per heavy atom. The Balaban J connectivity index is 1.87. The van der Waals surface area contributed by atoms with E-state index in [2.05, 4.69) is 28.9 Å². The third-order valence-corrected chi connectivity index (χ3v) is 5.00. The highest BCUT2D eigenvalue weighted by atomic mass is 32.1. The van der Waals surface area contributed by atoms with Crippen molar-refractivity contribution in [2.75, 3.05) is 11.9 Å². The molecule has 0 saturated carbocycles. The van der Waals surface area contributed by atoms with E-state index in [-0.39, 0.29) is 0 Å². The first-order valence-corrected chi connectivity index (χ1v) is 8.65. The molecule has 1 aromatic carbocycles. The van der Waals surface area contributed by atoms with Crippen molar-refractivity contribution in [3.8, 4) is 22.3 Å². The van der Waals surface area contributed by atoms with Gasteiger partial charge in [-0.3, -0.25) is 0 Å². The van der Waals surface area contributed by atoms with Gasteiger partial charge in [0.15, 0.2) is 0 Å². The summed E-state index contributed by atoms with van der Waals surface area (Å²) < 4.78 is 1.98. The van der Waals surface area contributed by atoms with Crippen molar-refractivity contribution in [1.29, 1.82) is 5.26 Å². The van der Waals surface area contributed by atoms with Gasteiger partial charge in [0.05, 0.1) is 22.2 Å². The third kappa shape index (κ3) is 2.51. The van der Waals surface area contributed by atoms with E-state index in [9.17, 15) is 0 Å². The van der Waals surface area contributed by atoms with E-state index in [0.29, 0.717) is 5.56 Å². The number of fused-ring (bicyclic) bond motifs is 1. The van der Waals surface area contributed by atoms with Crippen LogP contribution in [0.15, 0.2) is 41.8 Å². The van der Waals surface area contributed by atoms with E-state index in [4.69, 9.17) is 10.4 Å². The van der Waals surface area contributed by atoms with Gasteiger partial charge in [-0.25, -0.2) is 4.68 Å². The molecule has 0 saturated heterocycles. The number of nitriles is 1. The molecule has 4 rings (SSSR count). The fraction of sp³-hybridized carbons (Fsp3) is 0.222. The number of benzene rings is 1. The summed E-state index contributed by atoms with van der Waals surface area (Å²) in [5, 5.41) is 19.5. The van der Waals surface area contributed by atoms with Gasteiger partial charge in [0, 0.05) is 12.1 Å². The minimum atomic E-state index is 0.665. The molecule has 2 aromatic heterocycles. The van der Waals surface area contributed by atoms with Crippen LogP contribution >= 0.6 is 11.3 Å². The molecule has 0 fully saturated rings. The van der Waals surface area contributed by atoms with Crippen molar-refractivity contribution in [3.05, 3.63) is 52.9 Å². The van der Waals surface area contributed by atoms with Crippen LogP contribution in [0.2, 0.25) is 0 Å². The molecule has 3 heterocycles. The molecular formula is C18H16N4S. The average molecular weight is 320 g/mol. The van der Waals surface area contributed by atoms with Crippen molar-refractivity contribution < 1.29 is 0 Å². The molecule has 1 N–H and O–H groups in total. The molecular weight excluding hydrogens is 304 g/mol. The smallest absolute Gasteiger partial charge is 0.133 e. The van der Waals surface area contributed by atoms with Crippen molar-refractivity contribution in [2.45, 2.75) is 19.3 Å². The fourth-order valence-electron chi connectivity index (χ4n) is 2.98. The Kier molecular flexibility index (Phi) is 3.60. The average Bonchev–Trinajstić information content (AvgIpc) is 3.17. The largest absolute Gasteiger partial charge is 0.370 e. The van der Waals surface area contributed by atoms with E-state index in [0.717, 1.165) is 30.2 Å². The van der Waals surface area contributed by atoms with Crippen LogP contribution in [-0.2, 0) is 6.42 Å². The molecule has 0 aliphatic carbocycles. The topological polar surface area (TPSA) is 53.6 Å². The maximum atomic E-state index is 8.97. The molecule has 0 atom stereocenters. The lowest BCUT2D eigenvalue weighted by Gasteiger charge is -2.09. The zero-order valence-electron chi connectivity index (χ0n) is 12.6. The predicted octanol–water partition coefficient (Wildman–Crippen LogP) is 4.22. The molecule has 0 unspecified atom stereocenters. The van der Waals surface area contributed by atoms with Gasteiger partial charge in [-0.2, -0.15) is 10.4 Å². The molecule has 4 nitrogen and oxygen atoms in total. The van der Waals surface area contributed by atoms with Crippen LogP contribution in [0.4, 0.5) is 5.82 Å². The Hall–Kier alpha value is -2.58. The highest BCUT2D eigenvalue weighted by Crippen LogP contribution is 2.35. The van der Waals surface area contributed by atoms with Gasteiger partial charge >= 0.3 is 0 Å². The lowest BCUT2D eigenvalue weighted by molar-refractivity contribution is 0.780. The monoisotopic (exact) mass is 320 g/mol. The van der Waals surface area contributed by atoms with Gasteiger partial charge in [0.25, 0.3) is 0 Å². The van der Waals surface area contributed by atoms with Crippen molar-refractivity contribution in [3.63, 3.8) is 0 Å². The minimum absolute atomic E-state index is 0.665. The Morgan fingerprint density at radius 2 is 2.04 bits per heavy atom. The second kappa shape index (κ2) is 5.90. The summed E-state index contributed by atoms with van der Waals surface area (Å²) in [6, 6.07) is 13.9. The van der Waals surface area contributed by atoms with Crippen LogP contribution in [0.1, 0.15) is 24.0 Å². The van der Waals surface area contributed by atoms with Crippen molar-refractivity contribution in [1.82, 2.24) is 9.78 Å². The fourth-order valence-corrected chi connectivity index (χ4v) is 3.71. The summed E-state index contributed by atoms with van der Waals surface area (Å²) in [6.07, 6.45) is 3.40. The molecule has 1 aliphatic heterocycles. The van der Waals surface area contributed by atoms with Crippen molar-refractivity contribution in [2.24, 2.45) is 0 Å². The second-order valence-corrected chi connectivity index (χ2v) is 6.56. The van der Waals surface area contributed by atoms with E-state index in [1.165, 1.54) is 23.3 Å². The molecule has 23 heavy (non-hydrogen) atoms. The Morgan fingerprint density at radius 3 is 2.78 bits per heavy atom. The van der Waals surface area contributed by atoms with Gasteiger partial charge < -0.3 is 5.32 Å². The van der Waals surface area contributed by atoms with E-state index in [1.807, 2.05) is 28.9 Å². The van der Waals surface area contributed by atoms with Crippen LogP contribution in [0.3, 0.4) is 0 Å². The number of hydrogen-bond donors (Lipinski definition) is 1. The summed E-state index contributed by atoms with van der Waals surface area (Å²) in [5.41, 5.74) is 4.03. The van der Waals surface area contributed by atoms with Gasteiger partial charge in [-0.05, 0) is 55.0 Å². The number of hydrogen-bond acceptors (Lipinski definition) is 4. The lowest BCUT2D eigenvalue weighted by Crippen LogP contribution is -2.07. The lowest BCUT2D eigenvalue weighted by atomic mass is 10.1. The van der Waals surface area contributed by atoms with Crippen LogP contribution < -0.4 is 5.32 Å². The molecule has 1 aliphatic rings. The van der Waals surface area contributed by atoms with Gasteiger partial charge in [-0.15, -0.1) is 11.3 Å². The zero-order chi connectivity index (χ0) is 15.6. The first kappa shape index (κ1) is 14.0. The number of thiophene rings is 1. The predicted molar refractivity (Wildman–Crippen MR) is 93.0 cm³/mol. The summed E-state index contributed by atoms with van der Waals surface area (Å²) >= 11 is 1.72. The number of nitrogens with one attached hydrogen (secondary N) is 1. The summed E-state index contributed by atoms with van der Waals surface area (Å²) in [4.78, 5) is 1.21. The Bertz CT molecular complexity index is 854. The highest BCUT2D eigenvalue weighted by molar-refractivity contribution is 7.13. The zero-order valence-corrected chi connectivity index (χ0v) is 13.4. The standard InChI is InChI=1S/C18H16N4S/c19-12-13-6-8-14(9-7-13)22-18-15(4-1-2-10-20-18)17(21-22)16-5-3-11-23-16/h3,5-9,11,20H,1-2,4,10H2. The quantitative estimate of drug-likeness (QED) is 0.769. The van der Waals surface area contributed by atoms with Crippen LogP contribution in [0.5, 0.6) is 0 Å². The normalized spacial score (nSPS) is 13.7. The molecule has 114 valence electrons. The summed E-state index contributed by atoms with van der Waals surface area (Å²) in [6.45, 7) is 0.971. The first-order valence-electron chi connectivity index (χ1n) is 7.77. The van der Waals surface area contributed by atoms with Crippen LogP contribution in [-0.4, -0.2) is 16.3 Å². The van der Waals surface area contributed by atoms with Gasteiger partial charge in [0.2, 0.25) is 0 Å². The first-order chi connectivity index (χ1) is 11.4. The van der Waals surface area contributed by atoms with Crippen LogP contribution in [0.25, 0.3) is 16.3 Å². The van der Waals surface area contributed by atoms with Crippen LogP contribution in [0, 0.1) is 11.3 Å². The number of anilines is 1. The van der Waals surface area contributed by atoms with E-state index >= 15 is 0 Å². The molecule has 0 spiro atoms. The molecule has 0 radical (unpaired) electrons. The maximum Gasteiger partial charge on any atom is 0.133 e. The summed E-state index contributed by atoms with van der Waals surface area (Å²) in [5.74, 6) is 1.09. The molecule has 3 aromatic rings. The van der Waals surface area contributed by atoms with Crippen molar-refractivity contribution >= 4 is 17.2 Å². The maximum absolute atomic E-state index is 8.97. The van der Waals surface area contributed by atoms with E-state index in [1.54, 1.807) is 11.3 Å². The third-order valence-electron chi connectivity index (χ3n) is 4.13. The number of nitrogens with zero attached hydrogens (tertiary/aromatic N) is 3. The molecule has 0 bridgehead atoms. The summed E-state index contributed by atoms with van der Waals surface area (Å²) in [7, 11) is 0. The second-order valence-electron chi connectivity index (χ2n) is 5.61. The molecule has 5 heteroatoms. The SMILES string of the molecule is N#Cc1ccc(-n2nc(-c3cccs3)c3c2NCCCC3)cc1. The minimum Gasteiger partial charge on any atom is -0.370 e. The number of rotatable bonds is 2. The van der Waals surface area contributed by atoms with Gasteiger partial charge in [-0.1, -0.05) is 6.07 Å².